The summed E-state index contributed by atoms with van der Waals surface area (Å²) in [6.07, 6.45) is 2.95. The maximum atomic E-state index is 13.5. The molecule has 0 saturated carbocycles. The Bertz CT molecular complexity index is 1690. The quantitative estimate of drug-likeness (QED) is 0.380. The molecule has 0 spiro atoms. The molecule has 158 valence electrons. The van der Waals surface area contributed by atoms with E-state index >= 15 is 0 Å². The molecular formula is C25H16ClN6O+. The van der Waals surface area contributed by atoms with Crippen LogP contribution in [-0.2, 0) is 0 Å². The zero-order valence-corrected chi connectivity index (χ0v) is 18.2. The van der Waals surface area contributed by atoms with Crippen LogP contribution in [0.1, 0.15) is 24.1 Å². The third kappa shape index (κ3) is 3.51. The van der Waals surface area contributed by atoms with Crippen molar-refractivity contribution >= 4 is 39.2 Å². The van der Waals surface area contributed by atoms with Crippen molar-refractivity contribution in [2.75, 3.05) is 0 Å². The Morgan fingerprint density at radius 1 is 1.12 bits per heavy atom. The summed E-state index contributed by atoms with van der Waals surface area (Å²) in [4.78, 5) is 29.3. The lowest BCUT2D eigenvalue weighted by Gasteiger charge is -2.16. The summed E-state index contributed by atoms with van der Waals surface area (Å²) in [6.45, 7) is 1.90. The number of para-hydroxylation sites is 1. The number of aromatic nitrogens is 4. The average Bonchev–Trinajstić information content (AvgIpc) is 3.27. The highest BCUT2D eigenvalue weighted by Gasteiger charge is 2.21. The number of benzene rings is 2. The highest BCUT2D eigenvalue weighted by molar-refractivity contribution is 6.35. The van der Waals surface area contributed by atoms with E-state index in [-0.39, 0.29) is 11.5 Å². The number of rotatable bonds is 2. The van der Waals surface area contributed by atoms with Crippen molar-refractivity contribution in [3.8, 4) is 17.8 Å². The summed E-state index contributed by atoms with van der Waals surface area (Å²) in [5.74, 6) is -0.0436. The second kappa shape index (κ2) is 8.23. The van der Waals surface area contributed by atoms with Gasteiger partial charge in [-0.15, -0.1) is 0 Å². The van der Waals surface area contributed by atoms with Gasteiger partial charge in [0.25, 0.3) is 5.56 Å². The first-order valence-electron chi connectivity index (χ1n) is 10.2. The Hall–Kier alpha value is -4.46. The Balaban J connectivity index is 1.71. The van der Waals surface area contributed by atoms with Crippen molar-refractivity contribution in [2.24, 2.45) is 0 Å². The average molecular weight is 452 g/mol. The first kappa shape index (κ1) is 20.4. The Kier molecular flexibility index (Phi) is 5.10. The SMILES string of the molecule is CC(C#[N+]c1ncnc2[nH]cc(C#N)c12)c1cc2cccc(Cl)c2c(=O)n1-c1ccccc1. The van der Waals surface area contributed by atoms with E-state index in [4.69, 9.17) is 11.6 Å². The van der Waals surface area contributed by atoms with Gasteiger partial charge in [0.05, 0.1) is 16.0 Å². The van der Waals surface area contributed by atoms with Crippen LogP contribution in [0.3, 0.4) is 0 Å². The maximum absolute atomic E-state index is 13.5. The lowest BCUT2D eigenvalue weighted by molar-refractivity contribution is 0.837. The molecule has 3 heterocycles. The molecule has 0 fully saturated rings. The van der Waals surface area contributed by atoms with Crippen LogP contribution in [0.4, 0.5) is 5.82 Å². The van der Waals surface area contributed by atoms with Crippen LogP contribution in [0.5, 0.6) is 0 Å². The van der Waals surface area contributed by atoms with E-state index in [9.17, 15) is 10.1 Å². The van der Waals surface area contributed by atoms with E-state index in [1.165, 1.54) is 6.33 Å². The van der Waals surface area contributed by atoms with Gasteiger partial charge in [-0.25, -0.2) is 0 Å². The number of halogens is 1. The van der Waals surface area contributed by atoms with Gasteiger partial charge >= 0.3 is 5.82 Å². The molecule has 0 aliphatic carbocycles. The third-order valence-electron chi connectivity index (χ3n) is 5.42. The standard InChI is InChI=1S/C25H16ClN6O/c1-15(12-28-23-22-17(11-27)13-29-24(22)31-14-30-23)20-10-16-6-5-9-19(26)21(16)25(33)32(20)18-7-3-2-4-8-18/h2-10,13-15H,1H3,(H,29,30,31)/q+1. The van der Waals surface area contributed by atoms with Crippen LogP contribution in [0.15, 0.2) is 71.9 Å². The van der Waals surface area contributed by atoms with Crippen molar-refractivity contribution in [2.45, 2.75) is 12.8 Å². The number of aromatic amines is 1. The largest absolute Gasteiger partial charge is 0.439 e. The number of nitrogens with one attached hydrogen (secondary N) is 1. The van der Waals surface area contributed by atoms with Gasteiger partial charge < -0.3 is 4.98 Å². The molecule has 1 N–H and O–H groups in total. The van der Waals surface area contributed by atoms with Gasteiger partial charge in [0.1, 0.15) is 17.4 Å². The molecule has 0 bridgehead atoms. The highest BCUT2D eigenvalue weighted by Crippen LogP contribution is 2.28. The first-order chi connectivity index (χ1) is 16.1. The fourth-order valence-corrected chi connectivity index (χ4v) is 4.11. The number of hydrogen-bond acceptors (Lipinski definition) is 4. The molecule has 5 aromatic rings. The van der Waals surface area contributed by atoms with Crippen molar-refractivity contribution in [3.63, 3.8) is 0 Å². The summed E-state index contributed by atoms with van der Waals surface area (Å²) in [7, 11) is 0. The fourth-order valence-electron chi connectivity index (χ4n) is 3.85. The molecule has 33 heavy (non-hydrogen) atoms. The first-order valence-corrected chi connectivity index (χ1v) is 10.5. The molecular weight excluding hydrogens is 436 g/mol. The molecule has 0 aliphatic heterocycles. The minimum atomic E-state index is -0.379. The molecule has 2 aromatic carbocycles. The minimum Gasteiger partial charge on any atom is -0.344 e. The van der Waals surface area contributed by atoms with Gasteiger partial charge in [0, 0.05) is 17.6 Å². The van der Waals surface area contributed by atoms with Crippen LogP contribution in [0.25, 0.3) is 32.3 Å². The summed E-state index contributed by atoms with van der Waals surface area (Å²) in [5.41, 5.74) is 2.13. The molecule has 0 saturated heterocycles. The monoisotopic (exact) mass is 451 g/mol. The molecule has 1 unspecified atom stereocenters. The van der Waals surface area contributed by atoms with E-state index in [1.807, 2.05) is 55.5 Å². The zero-order valence-electron chi connectivity index (χ0n) is 17.5. The molecule has 0 aliphatic rings. The van der Waals surface area contributed by atoms with Crippen molar-refractivity contribution in [1.82, 2.24) is 19.5 Å². The van der Waals surface area contributed by atoms with Gasteiger partial charge in [-0.05, 0) is 41.6 Å². The van der Waals surface area contributed by atoms with Crippen LogP contribution < -0.4 is 5.56 Å². The lowest BCUT2D eigenvalue weighted by Crippen LogP contribution is -2.23. The predicted octanol–water partition coefficient (Wildman–Crippen LogP) is 5.56. The molecule has 3 aromatic heterocycles. The summed E-state index contributed by atoms with van der Waals surface area (Å²) in [5, 5.41) is 11.5. The predicted molar refractivity (Wildman–Crippen MR) is 128 cm³/mol. The van der Waals surface area contributed by atoms with Crippen LogP contribution >= 0.6 is 11.6 Å². The Morgan fingerprint density at radius 3 is 2.73 bits per heavy atom. The maximum Gasteiger partial charge on any atom is 0.439 e. The van der Waals surface area contributed by atoms with E-state index in [2.05, 4.69) is 31.9 Å². The van der Waals surface area contributed by atoms with Gasteiger partial charge in [0.15, 0.2) is 11.7 Å². The van der Waals surface area contributed by atoms with Crippen molar-refractivity contribution in [1.29, 1.82) is 5.26 Å². The normalized spacial score (nSPS) is 11.7. The number of H-pyrrole nitrogens is 1. The molecule has 0 radical (unpaired) electrons. The number of hydrogen-bond donors (Lipinski definition) is 1. The summed E-state index contributed by atoms with van der Waals surface area (Å²) >= 11 is 6.38. The summed E-state index contributed by atoms with van der Waals surface area (Å²) < 4.78 is 1.63. The van der Waals surface area contributed by atoms with Gasteiger partial charge in [-0.1, -0.05) is 41.9 Å². The van der Waals surface area contributed by atoms with Gasteiger partial charge in [-0.3, -0.25) is 9.36 Å². The summed E-state index contributed by atoms with van der Waals surface area (Å²) in [6, 6.07) is 21.9. The minimum absolute atomic E-state index is 0.213. The number of nitrogens with zero attached hydrogens (tertiary/aromatic N) is 5. The topological polar surface area (TPSA) is 91.7 Å². The molecule has 7 nitrogen and oxygen atoms in total. The van der Waals surface area contributed by atoms with Gasteiger partial charge in [-0.2, -0.15) is 15.1 Å². The molecule has 0 amide bonds. The molecule has 5 rings (SSSR count). The van der Waals surface area contributed by atoms with E-state index < -0.39 is 0 Å². The Morgan fingerprint density at radius 2 is 1.94 bits per heavy atom. The fraction of sp³-hybridized carbons (Fsp3) is 0.0800. The second-order valence-corrected chi connectivity index (χ2v) is 7.85. The van der Waals surface area contributed by atoms with Crippen molar-refractivity contribution < 1.29 is 0 Å². The lowest BCUT2D eigenvalue weighted by atomic mass is 10.0. The van der Waals surface area contributed by atoms with E-state index in [0.29, 0.717) is 38.5 Å². The van der Waals surface area contributed by atoms with Crippen molar-refractivity contribution in [3.05, 3.63) is 98.6 Å². The highest BCUT2D eigenvalue weighted by atomic mass is 35.5. The molecule has 8 heteroatoms. The van der Waals surface area contributed by atoms with Crippen LogP contribution in [-0.4, -0.2) is 19.5 Å². The number of nitriles is 1. The second-order valence-electron chi connectivity index (χ2n) is 7.45. The number of fused-ring (bicyclic) bond motifs is 2. The van der Waals surface area contributed by atoms with Gasteiger partial charge in [0.2, 0.25) is 6.33 Å². The van der Waals surface area contributed by atoms with Crippen LogP contribution in [0, 0.1) is 17.4 Å². The zero-order chi connectivity index (χ0) is 22.9. The third-order valence-corrected chi connectivity index (χ3v) is 5.73. The number of pyridine rings is 1. The smallest absolute Gasteiger partial charge is 0.344 e. The molecule has 1 atom stereocenters. The van der Waals surface area contributed by atoms with E-state index in [0.717, 1.165) is 11.1 Å². The van der Waals surface area contributed by atoms with Crippen LogP contribution in [0.2, 0.25) is 5.02 Å². The Labute approximate surface area is 193 Å². The van der Waals surface area contributed by atoms with E-state index in [1.54, 1.807) is 16.8 Å².